The monoisotopic (exact) mass is 328 g/mol. The minimum atomic E-state index is 0.293. The van der Waals surface area contributed by atoms with Crippen molar-refractivity contribution in [2.24, 2.45) is 17.8 Å². The van der Waals surface area contributed by atoms with Gasteiger partial charge in [-0.3, -0.25) is 4.79 Å². The summed E-state index contributed by atoms with van der Waals surface area (Å²) < 4.78 is 5.41. The fourth-order valence-electron chi connectivity index (χ4n) is 4.82. The molecule has 2 bridgehead atoms. The summed E-state index contributed by atoms with van der Waals surface area (Å²) in [5.41, 5.74) is 2.47. The van der Waals surface area contributed by atoms with Gasteiger partial charge in [0.15, 0.2) is 0 Å². The molecule has 0 N–H and O–H groups in total. The summed E-state index contributed by atoms with van der Waals surface area (Å²) in [6, 6.07) is 8.68. The molecule has 1 saturated heterocycles. The molecule has 24 heavy (non-hydrogen) atoms. The van der Waals surface area contributed by atoms with Gasteiger partial charge in [0.05, 0.1) is 13.2 Å². The second kappa shape index (κ2) is 6.75. The Kier molecular flexibility index (Phi) is 4.49. The molecule has 3 fully saturated rings. The third kappa shape index (κ3) is 3.16. The van der Waals surface area contributed by atoms with Crippen molar-refractivity contribution in [2.45, 2.75) is 32.2 Å². The summed E-state index contributed by atoms with van der Waals surface area (Å²) in [7, 11) is 1.96. The highest BCUT2D eigenvalue weighted by Gasteiger charge is 2.43. The third-order valence-electron chi connectivity index (χ3n) is 6.16. The molecule has 4 rings (SSSR count). The van der Waals surface area contributed by atoms with Crippen LogP contribution in [0.25, 0.3) is 0 Å². The van der Waals surface area contributed by atoms with Crippen LogP contribution in [0, 0.1) is 17.8 Å². The van der Waals surface area contributed by atoms with E-state index in [9.17, 15) is 4.79 Å². The van der Waals surface area contributed by atoms with Gasteiger partial charge in [0.1, 0.15) is 0 Å². The molecule has 4 nitrogen and oxygen atoms in total. The highest BCUT2D eigenvalue weighted by molar-refractivity contribution is 5.79. The van der Waals surface area contributed by atoms with Gasteiger partial charge in [-0.15, -0.1) is 0 Å². The molecule has 1 amide bonds. The Balaban J connectivity index is 1.35. The Labute approximate surface area is 144 Å². The zero-order valence-electron chi connectivity index (χ0n) is 14.6. The summed E-state index contributed by atoms with van der Waals surface area (Å²) in [5, 5.41) is 0. The van der Waals surface area contributed by atoms with Gasteiger partial charge in [-0.25, -0.2) is 0 Å². The number of amides is 1. The predicted octanol–water partition coefficient (Wildman–Crippen LogP) is 2.92. The van der Waals surface area contributed by atoms with E-state index in [0.29, 0.717) is 17.7 Å². The number of ether oxygens (including phenoxy) is 1. The van der Waals surface area contributed by atoms with E-state index >= 15 is 0 Å². The van der Waals surface area contributed by atoms with E-state index in [1.807, 2.05) is 11.9 Å². The number of hydrogen-bond donors (Lipinski definition) is 0. The standard InChI is InChI=1S/C20H28N2O2/c1-21(20(23)19-13-16-2-5-17(19)12-16)14-15-3-6-18(7-4-15)22-8-10-24-11-9-22/h3-4,6-7,16-17,19H,2,5,8-14H2,1H3/t16-,17-,19-/m0/s1. The number of anilines is 1. The van der Waals surface area contributed by atoms with Crippen LogP contribution < -0.4 is 4.90 Å². The number of fused-ring (bicyclic) bond motifs is 2. The molecule has 0 radical (unpaired) electrons. The van der Waals surface area contributed by atoms with E-state index in [1.54, 1.807) is 0 Å². The molecule has 0 spiro atoms. The molecule has 3 atom stereocenters. The molecule has 1 aliphatic heterocycles. The molecule has 1 aromatic rings. The van der Waals surface area contributed by atoms with Crippen LogP contribution in [0.5, 0.6) is 0 Å². The number of morpholine rings is 1. The van der Waals surface area contributed by atoms with Crippen molar-refractivity contribution in [3.63, 3.8) is 0 Å². The molecule has 2 aliphatic carbocycles. The second-order valence-electron chi connectivity index (χ2n) is 7.74. The Morgan fingerprint density at radius 1 is 1.17 bits per heavy atom. The predicted molar refractivity (Wildman–Crippen MR) is 94.9 cm³/mol. The summed E-state index contributed by atoms with van der Waals surface area (Å²) in [5.74, 6) is 2.14. The van der Waals surface area contributed by atoms with Crippen LogP contribution in [0.15, 0.2) is 24.3 Å². The van der Waals surface area contributed by atoms with Crippen LogP contribution in [-0.4, -0.2) is 44.2 Å². The van der Waals surface area contributed by atoms with Crippen molar-refractivity contribution in [2.75, 3.05) is 38.3 Å². The van der Waals surface area contributed by atoms with Crippen molar-refractivity contribution in [3.05, 3.63) is 29.8 Å². The number of hydrogen-bond acceptors (Lipinski definition) is 3. The van der Waals surface area contributed by atoms with Gasteiger partial charge in [0.2, 0.25) is 5.91 Å². The van der Waals surface area contributed by atoms with E-state index in [2.05, 4.69) is 29.2 Å². The molecule has 0 unspecified atom stereocenters. The lowest BCUT2D eigenvalue weighted by molar-refractivity contribution is -0.136. The van der Waals surface area contributed by atoms with Crippen LogP contribution in [0.3, 0.4) is 0 Å². The Morgan fingerprint density at radius 3 is 2.54 bits per heavy atom. The maximum absolute atomic E-state index is 12.8. The number of carbonyl (C=O) groups is 1. The number of rotatable bonds is 4. The Morgan fingerprint density at radius 2 is 1.92 bits per heavy atom. The molecule has 3 aliphatic rings. The van der Waals surface area contributed by atoms with E-state index in [0.717, 1.165) is 45.2 Å². The smallest absolute Gasteiger partial charge is 0.226 e. The zero-order valence-corrected chi connectivity index (χ0v) is 14.6. The molecular weight excluding hydrogens is 300 g/mol. The van der Waals surface area contributed by atoms with Gasteiger partial charge in [-0.05, 0) is 48.8 Å². The minimum absolute atomic E-state index is 0.293. The lowest BCUT2D eigenvalue weighted by Gasteiger charge is -2.29. The van der Waals surface area contributed by atoms with Gasteiger partial charge in [0, 0.05) is 38.3 Å². The Hall–Kier alpha value is -1.55. The fourth-order valence-corrected chi connectivity index (χ4v) is 4.82. The molecule has 1 aromatic carbocycles. The quantitative estimate of drug-likeness (QED) is 0.852. The average Bonchev–Trinajstić information content (AvgIpc) is 3.26. The van der Waals surface area contributed by atoms with Crippen LogP contribution >= 0.6 is 0 Å². The second-order valence-corrected chi connectivity index (χ2v) is 7.74. The molecular formula is C20H28N2O2. The SMILES string of the molecule is CN(Cc1ccc(N2CCOCC2)cc1)C(=O)[C@H]1C[C@H]2CC[C@H]1C2. The van der Waals surface area contributed by atoms with Crippen LogP contribution in [0.2, 0.25) is 0 Å². The minimum Gasteiger partial charge on any atom is -0.378 e. The number of nitrogens with zero attached hydrogens (tertiary/aromatic N) is 2. The maximum Gasteiger partial charge on any atom is 0.226 e. The highest BCUT2D eigenvalue weighted by Crippen LogP contribution is 2.48. The normalized spacial score (nSPS) is 29.0. The lowest BCUT2D eigenvalue weighted by atomic mass is 9.88. The van der Waals surface area contributed by atoms with Crippen LogP contribution in [0.4, 0.5) is 5.69 Å². The van der Waals surface area contributed by atoms with Crippen molar-refractivity contribution in [1.82, 2.24) is 4.90 Å². The van der Waals surface area contributed by atoms with Crippen LogP contribution in [0.1, 0.15) is 31.2 Å². The first-order valence-corrected chi connectivity index (χ1v) is 9.37. The molecule has 4 heteroatoms. The molecule has 2 saturated carbocycles. The van der Waals surface area contributed by atoms with E-state index in [-0.39, 0.29) is 0 Å². The maximum atomic E-state index is 12.8. The first-order chi connectivity index (χ1) is 11.7. The third-order valence-corrected chi connectivity index (χ3v) is 6.16. The largest absolute Gasteiger partial charge is 0.378 e. The summed E-state index contributed by atoms with van der Waals surface area (Å²) in [6.07, 6.45) is 5.03. The summed E-state index contributed by atoms with van der Waals surface area (Å²) in [4.78, 5) is 17.1. The summed E-state index contributed by atoms with van der Waals surface area (Å²) >= 11 is 0. The molecule has 0 aromatic heterocycles. The van der Waals surface area contributed by atoms with Gasteiger partial charge in [0.25, 0.3) is 0 Å². The first kappa shape index (κ1) is 15.9. The van der Waals surface area contributed by atoms with Crippen molar-refractivity contribution in [3.8, 4) is 0 Å². The van der Waals surface area contributed by atoms with E-state index in [4.69, 9.17) is 4.74 Å². The van der Waals surface area contributed by atoms with Gasteiger partial charge in [-0.1, -0.05) is 18.6 Å². The lowest BCUT2D eigenvalue weighted by Crippen LogP contribution is -2.36. The summed E-state index contributed by atoms with van der Waals surface area (Å²) in [6.45, 7) is 4.26. The fraction of sp³-hybridized carbons (Fsp3) is 0.650. The van der Waals surface area contributed by atoms with E-state index in [1.165, 1.54) is 30.5 Å². The van der Waals surface area contributed by atoms with E-state index < -0.39 is 0 Å². The van der Waals surface area contributed by atoms with Crippen molar-refractivity contribution < 1.29 is 9.53 Å². The van der Waals surface area contributed by atoms with Gasteiger partial charge < -0.3 is 14.5 Å². The molecule has 130 valence electrons. The van der Waals surface area contributed by atoms with Crippen molar-refractivity contribution in [1.29, 1.82) is 0 Å². The Bertz CT molecular complexity index is 580. The highest BCUT2D eigenvalue weighted by atomic mass is 16.5. The zero-order chi connectivity index (χ0) is 16.5. The first-order valence-electron chi connectivity index (χ1n) is 9.37. The molecule has 1 heterocycles. The van der Waals surface area contributed by atoms with Crippen LogP contribution in [-0.2, 0) is 16.1 Å². The number of benzene rings is 1. The topological polar surface area (TPSA) is 32.8 Å². The number of carbonyl (C=O) groups excluding carboxylic acids is 1. The van der Waals surface area contributed by atoms with Crippen molar-refractivity contribution >= 4 is 11.6 Å². The van der Waals surface area contributed by atoms with Gasteiger partial charge >= 0.3 is 0 Å². The average molecular weight is 328 g/mol. The van der Waals surface area contributed by atoms with Gasteiger partial charge in [-0.2, -0.15) is 0 Å².